The van der Waals surface area contributed by atoms with Gasteiger partial charge in [-0.25, -0.2) is 0 Å². The largest absolute Gasteiger partial charge is 0.389 e. The van der Waals surface area contributed by atoms with Crippen molar-refractivity contribution >= 4 is 0 Å². The van der Waals surface area contributed by atoms with E-state index in [2.05, 4.69) is 24.8 Å². The predicted molar refractivity (Wildman–Crippen MR) is 62.7 cm³/mol. The highest BCUT2D eigenvalue weighted by Gasteiger charge is 2.29. The first-order chi connectivity index (χ1) is 7.27. The quantitative estimate of drug-likeness (QED) is 0.728. The Hall–Kier alpha value is -1.34. The molecule has 2 atom stereocenters. The molecule has 0 fully saturated rings. The summed E-state index contributed by atoms with van der Waals surface area (Å²) in [6.07, 6.45) is 7.36. The van der Waals surface area contributed by atoms with Crippen molar-refractivity contribution in [2.75, 3.05) is 0 Å². The van der Waals surface area contributed by atoms with E-state index in [1.807, 2.05) is 30.4 Å². The standard InChI is InChI=1S/C14H16O/c1-2-14(10-8-13(15)9-11-14)12-6-4-3-5-7-12/h2-8,10,13,15H,1,9,11H2. The van der Waals surface area contributed by atoms with Crippen molar-refractivity contribution in [2.45, 2.75) is 24.4 Å². The number of hydrogen-bond donors (Lipinski definition) is 1. The highest BCUT2D eigenvalue weighted by molar-refractivity contribution is 5.37. The minimum atomic E-state index is -0.290. The average molecular weight is 200 g/mol. The summed E-state index contributed by atoms with van der Waals surface area (Å²) in [6.45, 7) is 3.93. The SMILES string of the molecule is C=CC1(c2ccccc2)C=CC(O)CC1. The van der Waals surface area contributed by atoms with E-state index in [0.717, 1.165) is 12.8 Å². The van der Waals surface area contributed by atoms with Gasteiger partial charge in [-0.05, 0) is 18.4 Å². The van der Waals surface area contributed by atoms with Crippen molar-refractivity contribution in [3.8, 4) is 0 Å². The van der Waals surface area contributed by atoms with E-state index in [0.29, 0.717) is 0 Å². The molecule has 0 saturated carbocycles. The zero-order valence-electron chi connectivity index (χ0n) is 8.76. The third-order valence-corrected chi connectivity index (χ3v) is 3.15. The van der Waals surface area contributed by atoms with Crippen molar-refractivity contribution < 1.29 is 5.11 Å². The zero-order valence-corrected chi connectivity index (χ0v) is 8.76. The molecule has 0 spiro atoms. The molecule has 2 rings (SSSR count). The molecule has 0 bridgehead atoms. The lowest BCUT2D eigenvalue weighted by atomic mass is 9.73. The van der Waals surface area contributed by atoms with E-state index >= 15 is 0 Å². The van der Waals surface area contributed by atoms with Gasteiger partial charge in [0, 0.05) is 5.41 Å². The number of aliphatic hydroxyl groups excluding tert-OH is 1. The van der Waals surface area contributed by atoms with Crippen LogP contribution in [0.3, 0.4) is 0 Å². The number of hydrogen-bond acceptors (Lipinski definition) is 1. The molecule has 78 valence electrons. The Morgan fingerprint density at radius 1 is 1.33 bits per heavy atom. The summed E-state index contributed by atoms with van der Waals surface area (Å²) >= 11 is 0. The Balaban J connectivity index is 2.39. The first-order valence-corrected chi connectivity index (χ1v) is 5.33. The Bertz CT molecular complexity index is 366. The molecule has 1 aromatic rings. The maximum Gasteiger partial charge on any atom is 0.0721 e. The summed E-state index contributed by atoms with van der Waals surface area (Å²) < 4.78 is 0. The fraction of sp³-hybridized carbons (Fsp3) is 0.286. The van der Waals surface area contributed by atoms with Gasteiger partial charge < -0.3 is 5.11 Å². The van der Waals surface area contributed by atoms with Gasteiger partial charge in [-0.15, -0.1) is 6.58 Å². The van der Waals surface area contributed by atoms with Crippen molar-refractivity contribution in [1.29, 1.82) is 0 Å². The van der Waals surface area contributed by atoms with Crippen LogP contribution in [0.4, 0.5) is 0 Å². The van der Waals surface area contributed by atoms with Gasteiger partial charge in [0.1, 0.15) is 0 Å². The highest BCUT2D eigenvalue weighted by Crippen LogP contribution is 2.35. The van der Waals surface area contributed by atoms with Gasteiger partial charge in [0.05, 0.1) is 6.10 Å². The highest BCUT2D eigenvalue weighted by atomic mass is 16.3. The van der Waals surface area contributed by atoms with Gasteiger partial charge in [-0.3, -0.25) is 0 Å². The zero-order chi connectivity index (χ0) is 10.7. The molecule has 1 aliphatic carbocycles. The molecule has 0 aromatic heterocycles. The van der Waals surface area contributed by atoms with Gasteiger partial charge >= 0.3 is 0 Å². The molecule has 1 nitrogen and oxygen atoms in total. The van der Waals surface area contributed by atoms with E-state index in [4.69, 9.17) is 0 Å². The molecule has 1 aromatic carbocycles. The normalized spacial score (nSPS) is 30.1. The van der Waals surface area contributed by atoms with Crippen molar-refractivity contribution in [2.24, 2.45) is 0 Å². The van der Waals surface area contributed by atoms with Crippen molar-refractivity contribution in [3.05, 3.63) is 60.7 Å². The van der Waals surface area contributed by atoms with Gasteiger partial charge in [-0.1, -0.05) is 48.6 Å². The Morgan fingerprint density at radius 3 is 2.60 bits per heavy atom. The Kier molecular flexibility index (Phi) is 2.74. The molecular formula is C14H16O. The van der Waals surface area contributed by atoms with Crippen LogP contribution in [0.2, 0.25) is 0 Å². The summed E-state index contributed by atoms with van der Waals surface area (Å²) in [7, 11) is 0. The molecule has 0 amide bonds. The lowest BCUT2D eigenvalue weighted by molar-refractivity contribution is 0.194. The first kappa shape index (κ1) is 10.2. The van der Waals surface area contributed by atoms with Crippen LogP contribution in [-0.4, -0.2) is 11.2 Å². The van der Waals surface area contributed by atoms with Crippen LogP contribution in [0.1, 0.15) is 18.4 Å². The van der Waals surface area contributed by atoms with Crippen LogP contribution in [0, 0.1) is 0 Å². The lowest BCUT2D eigenvalue weighted by Gasteiger charge is -2.32. The van der Waals surface area contributed by atoms with Crippen LogP contribution >= 0.6 is 0 Å². The van der Waals surface area contributed by atoms with Crippen LogP contribution in [0.15, 0.2) is 55.1 Å². The Labute approximate surface area is 90.8 Å². The first-order valence-electron chi connectivity index (χ1n) is 5.33. The summed E-state index contributed by atoms with van der Waals surface area (Å²) in [5, 5.41) is 9.46. The second-order valence-electron chi connectivity index (χ2n) is 4.08. The monoisotopic (exact) mass is 200 g/mol. The van der Waals surface area contributed by atoms with Crippen LogP contribution in [0.25, 0.3) is 0 Å². The van der Waals surface area contributed by atoms with Crippen LogP contribution < -0.4 is 0 Å². The fourth-order valence-electron chi connectivity index (χ4n) is 2.13. The molecule has 2 unspecified atom stereocenters. The molecule has 0 saturated heterocycles. The summed E-state index contributed by atoms with van der Waals surface area (Å²) in [5.74, 6) is 0. The predicted octanol–water partition coefficient (Wildman–Crippen LogP) is 2.82. The minimum Gasteiger partial charge on any atom is -0.389 e. The Morgan fingerprint density at radius 2 is 2.07 bits per heavy atom. The maximum absolute atomic E-state index is 9.46. The number of allylic oxidation sites excluding steroid dienone is 2. The van der Waals surface area contributed by atoms with Crippen molar-refractivity contribution in [1.82, 2.24) is 0 Å². The second-order valence-corrected chi connectivity index (χ2v) is 4.08. The molecule has 15 heavy (non-hydrogen) atoms. The molecule has 1 N–H and O–H groups in total. The summed E-state index contributed by atoms with van der Waals surface area (Å²) in [6, 6.07) is 10.3. The lowest BCUT2D eigenvalue weighted by Crippen LogP contribution is -2.26. The van der Waals surface area contributed by atoms with Gasteiger partial charge in [-0.2, -0.15) is 0 Å². The second kappa shape index (κ2) is 4.03. The van der Waals surface area contributed by atoms with Crippen LogP contribution in [0.5, 0.6) is 0 Å². The van der Waals surface area contributed by atoms with E-state index < -0.39 is 0 Å². The number of aliphatic hydroxyl groups is 1. The van der Waals surface area contributed by atoms with Crippen molar-refractivity contribution in [3.63, 3.8) is 0 Å². The smallest absolute Gasteiger partial charge is 0.0721 e. The third kappa shape index (κ3) is 1.88. The summed E-state index contributed by atoms with van der Waals surface area (Å²) in [4.78, 5) is 0. The number of rotatable bonds is 2. The molecule has 1 heteroatoms. The molecule has 1 aliphatic rings. The third-order valence-electron chi connectivity index (χ3n) is 3.15. The minimum absolute atomic E-state index is 0.0828. The number of benzene rings is 1. The van der Waals surface area contributed by atoms with E-state index in [9.17, 15) is 5.11 Å². The summed E-state index contributed by atoms with van der Waals surface area (Å²) in [5.41, 5.74) is 1.17. The molecular weight excluding hydrogens is 184 g/mol. The van der Waals surface area contributed by atoms with E-state index in [1.165, 1.54) is 5.56 Å². The fourth-order valence-corrected chi connectivity index (χ4v) is 2.13. The maximum atomic E-state index is 9.46. The van der Waals surface area contributed by atoms with Crippen LogP contribution in [-0.2, 0) is 5.41 Å². The molecule has 0 heterocycles. The van der Waals surface area contributed by atoms with Gasteiger partial charge in [0.25, 0.3) is 0 Å². The molecule has 0 aliphatic heterocycles. The van der Waals surface area contributed by atoms with Gasteiger partial charge in [0.15, 0.2) is 0 Å². The topological polar surface area (TPSA) is 20.2 Å². The molecule has 0 radical (unpaired) electrons. The average Bonchev–Trinajstić information content (AvgIpc) is 2.32. The van der Waals surface area contributed by atoms with E-state index in [1.54, 1.807) is 0 Å². The van der Waals surface area contributed by atoms with E-state index in [-0.39, 0.29) is 11.5 Å². The van der Waals surface area contributed by atoms with Gasteiger partial charge in [0.2, 0.25) is 0 Å².